The van der Waals surface area contributed by atoms with E-state index in [1.54, 1.807) is 6.20 Å². The van der Waals surface area contributed by atoms with Gasteiger partial charge in [-0.25, -0.2) is 0 Å². The van der Waals surface area contributed by atoms with Crippen LogP contribution in [0, 0.1) is 5.41 Å². The highest BCUT2D eigenvalue weighted by molar-refractivity contribution is 5.93. The molecule has 1 aromatic heterocycles. The minimum Gasteiger partial charge on any atom is -0.382 e. The van der Waals surface area contributed by atoms with Gasteiger partial charge in [0.1, 0.15) is 11.5 Å². The van der Waals surface area contributed by atoms with Crippen molar-refractivity contribution < 1.29 is 0 Å². The lowest BCUT2D eigenvalue weighted by Gasteiger charge is -2.36. The van der Waals surface area contributed by atoms with E-state index in [4.69, 9.17) is 11.1 Å². The largest absolute Gasteiger partial charge is 0.382 e. The second-order valence-electron chi connectivity index (χ2n) is 4.96. The smallest absolute Gasteiger partial charge is 0.141 e. The molecule has 2 rings (SSSR count). The Morgan fingerprint density at radius 2 is 2.17 bits per heavy atom. The first-order valence-corrected chi connectivity index (χ1v) is 6.30. The Hall–Kier alpha value is -1.62. The van der Waals surface area contributed by atoms with Crippen LogP contribution in [0.5, 0.6) is 0 Å². The van der Waals surface area contributed by atoms with Crippen molar-refractivity contribution in [3.05, 3.63) is 24.0 Å². The van der Waals surface area contributed by atoms with Gasteiger partial charge in [-0.1, -0.05) is 0 Å². The molecule has 0 saturated carbocycles. The van der Waals surface area contributed by atoms with Crippen molar-refractivity contribution >= 4 is 11.5 Å². The second-order valence-corrected chi connectivity index (χ2v) is 4.96. The molecule has 1 fully saturated rings. The minimum atomic E-state index is 0.0219. The summed E-state index contributed by atoms with van der Waals surface area (Å²) in [6.45, 7) is 2.28. The summed E-state index contributed by atoms with van der Waals surface area (Å²) < 4.78 is 0. The number of aromatic nitrogens is 1. The van der Waals surface area contributed by atoms with Crippen LogP contribution in [0.2, 0.25) is 0 Å². The molecular weight excluding hydrogens is 226 g/mol. The van der Waals surface area contributed by atoms with Gasteiger partial charge in [-0.05, 0) is 45.1 Å². The normalized spacial score (nSPS) is 17.7. The number of amidine groups is 1. The third kappa shape index (κ3) is 2.79. The highest BCUT2D eigenvalue weighted by atomic mass is 15.2. The van der Waals surface area contributed by atoms with Crippen molar-refractivity contribution in [3.8, 4) is 0 Å². The van der Waals surface area contributed by atoms with Gasteiger partial charge in [0.25, 0.3) is 0 Å². The monoisotopic (exact) mass is 247 g/mol. The maximum atomic E-state index is 7.43. The quantitative estimate of drug-likeness (QED) is 0.615. The standard InChI is InChI=1S/C13H21N5/c1-17-7-4-10(5-8-17)18(2)11-3-6-16-12(9-11)13(14)15/h3,6,9-10H,4-5,7-8H2,1-2H3,(H3,14,15). The van der Waals surface area contributed by atoms with Crippen molar-refractivity contribution in [2.45, 2.75) is 18.9 Å². The first-order valence-electron chi connectivity index (χ1n) is 6.30. The maximum absolute atomic E-state index is 7.43. The third-order valence-electron chi connectivity index (χ3n) is 3.66. The lowest BCUT2D eigenvalue weighted by atomic mass is 10.0. The fraction of sp³-hybridized carbons (Fsp3) is 0.538. The van der Waals surface area contributed by atoms with Crippen LogP contribution in [0.1, 0.15) is 18.5 Å². The van der Waals surface area contributed by atoms with Crippen LogP contribution >= 0.6 is 0 Å². The Labute approximate surface area is 108 Å². The summed E-state index contributed by atoms with van der Waals surface area (Å²) in [5.74, 6) is 0.0219. The van der Waals surface area contributed by atoms with Crippen molar-refractivity contribution in [1.82, 2.24) is 9.88 Å². The fourth-order valence-corrected chi connectivity index (χ4v) is 2.38. The zero-order valence-corrected chi connectivity index (χ0v) is 11.1. The lowest BCUT2D eigenvalue weighted by Crippen LogP contribution is -2.42. The molecule has 0 bridgehead atoms. The zero-order chi connectivity index (χ0) is 13.1. The van der Waals surface area contributed by atoms with Gasteiger partial charge in [-0.3, -0.25) is 10.4 Å². The van der Waals surface area contributed by atoms with Gasteiger partial charge in [0, 0.05) is 25.0 Å². The summed E-state index contributed by atoms with van der Waals surface area (Å²) in [4.78, 5) is 8.73. The summed E-state index contributed by atoms with van der Waals surface area (Å²) in [5.41, 5.74) is 7.11. The van der Waals surface area contributed by atoms with Crippen LogP contribution in [0.15, 0.2) is 18.3 Å². The Morgan fingerprint density at radius 1 is 1.50 bits per heavy atom. The molecule has 2 heterocycles. The number of anilines is 1. The molecule has 0 aliphatic carbocycles. The molecule has 18 heavy (non-hydrogen) atoms. The molecule has 0 atom stereocenters. The van der Waals surface area contributed by atoms with Gasteiger partial charge < -0.3 is 15.5 Å². The number of hydrogen-bond donors (Lipinski definition) is 2. The maximum Gasteiger partial charge on any atom is 0.141 e. The minimum absolute atomic E-state index is 0.0219. The Morgan fingerprint density at radius 3 is 2.78 bits per heavy atom. The van der Waals surface area contributed by atoms with Gasteiger partial charge in [0.2, 0.25) is 0 Å². The average Bonchev–Trinajstić information content (AvgIpc) is 2.39. The van der Waals surface area contributed by atoms with Crippen LogP contribution in [0.3, 0.4) is 0 Å². The predicted molar refractivity (Wildman–Crippen MR) is 74.2 cm³/mol. The van der Waals surface area contributed by atoms with E-state index in [0.717, 1.165) is 18.8 Å². The first-order chi connectivity index (χ1) is 8.58. The SMILES string of the molecule is CN1CCC(N(C)c2ccnc(C(=N)N)c2)CC1. The van der Waals surface area contributed by atoms with Crippen LogP contribution in [-0.2, 0) is 0 Å². The number of nitrogens with one attached hydrogen (secondary N) is 1. The first kappa shape index (κ1) is 12.8. The number of rotatable bonds is 3. The van der Waals surface area contributed by atoms with Crippen LogP contribution in [-0.4, -0.2) is 48.9 Å². The van der Waals surface area contributed by atoms with E-state index in [0.29, 0.717) is 11.7 Å². The molecule has 0 unspecified atom stereocenters. The molecule has 0 amide bonds. The lowest BCUT2D eigenvalue weighted by molar-refractivity contribution is 0.253. The topological polar surface area (TPSA) is 69.2 Å². The molecule has 1 saturated heterocycles. The van der Waals surface area contributed by atoms with Crippen LogP contribution in [0.25, 0.3) is 0 Å². The molecule has 5 nitrogen and oxygen atoms in total. The van der Waals surface area contributed by atoms with Gasteiger partial charge in [0.05, 0.1) is 0 Å². The predicted octanol–water partition coefficient (Wildman–Crippen LogP) is 0.896. The summed E-state index contributed by atoms with van der Waals surface area (Å²) in [6, 6.07) is 4.43. The van der Waals surface area contributed by atoms with Crippen molar-refractivity contribution in [3.63, 3.8) is 0 Å². The molecule has 0 spiro atoms. The average molecular weight is 247 g/mol. The van der Waals surface area contributed by atoms with E-state index in [1.807, 2.05) is 12.1 Å². The van der Waals surface area contributed by atoms with E-state index in [2.05, 4.69) is 28.9 Å². The van der Waals surface area contributed by atoms with Gasteiger partial charge in [-0.2, -0.15) is 0 Å². The van der Waals surface area contributed by atoms with Crippen molar-refractivity contribution in [2.75, 3.05) is 32.1 Å². The fourth-order valence-electron chi connectivity index (χ4n) is 2.38. The van der Waals surface area contributed by atoms with Gasteiger partial charge >= 0.3 is 0 Å². The summed E-state index contributed by atoms with van der Waals surface area (Å²) in [6.07, 6.45) is 4.06. The third-order valence-corrected chi connectivity index (χ3v) is 3.66. The number of pyridine rings is 1. The van der Waals surface area contributed by atoms with Crippen LogP contribution in [0.4, 0.5) is 5.69 Å². The number of nitrogens with two attached hydrogens (primary N) is 1. The van der Waals surface area contributed by atoms with E-state index in [9.17, 15) is 0 Å². The van der Waals surface area contributed by atoms with Crippen LogP contribution < -0.4 is 10.6 Å². The second kappa shape index (κ2) is 5.35. The number of nitrogen functional groups attached to an aromatic ring is 1. The molecule has 0 aromatic carbocycles. The molecule has 3 N–H and O–H groups in total. The number of hydrogen-bond acceptors (Lipinski definition) is 4. The number of piperidine rings is 1. The molecule has 0 radical (unpaired) electrons. The number of likely N-dealkylation sites (tertiary alicyclic amines) is 1. The zero-order valence-electron chi connectivity index (χ0n) is 11.1. The van der Waals surface area contributed by atoms with Crippen molar-refractivity contribution in [1.29, 1.82) is 5.41 Å². The van der Waals surface area contributed by atoms with E-state index in [1.165, 1.54) is 12.8 Å². The Balaban J connectivity index is 2.10. The Bertz CT molecular complexity index is 423. The molecule has 1 aliphatic rings. The van der Waals surface area contributed by atoms with Gasteiger partial charge in [-0.15, -0.1) is 0 Å². The molecular formula is C13H21N5. The van der Waals surface area contributed by atoms with Crippen molar-refractivity contribution in [2.24, 2.45) is 5.73 Å². The summed E-state index contributed by atoms with van der Waals surface area (Å²) >= 11 is 0. The molecule has 1 aromatic rings. The highest BCUT2D eigenvalue weighted by Crippen LogP contribution is 2.21. The molecule has 98 valence electrons. The van der Waals surface area contributed by atoms with E-state index in [-0.39, 0.29) is 5.84 Å². The Kier molecular flexibility index (Phi) is 3.81. The summed E-state index contributed by atoms with van der Waals surface area (Å²) in [5, 5.41) is 7.43. The number of nitrogens with zero attached hydrogens (tertiary/aromatic N) is 3. The highest BCUT2D eigenvalue weighted by Gasteiger charge is 2.21. The molecule has 5 heteroatoms. The summed E-state index contributed by atoms with van der Waals surface area (Å²) in [7, 11) is 4.27. The molecule has 1 aliphatic heterocycles. The van der Waals surface area contributed by atoms with E-state index >= 15 is 0 Å². The van der Waals surface area contributed by atoms with Gasteiger partial charge in [0.15, 0.2) is 0 Å². The van der Waals surface area contributed by atoms with E-state index < -0.39 is 0 Å².